The normalized spacial score (nSPS) is 22.9. The second kappa shape index (κ2) is 6.45. The number of methoxy groups -OCH3 is 1. The molecule has 1 fully saturated rings. The quantitative estimate of drug-likeness (QED) is 0.875. The zero-order valence-electron chi connectivity index (χ0n) is 11.7. The monoisotopic (exact) mass is 361 g/mol. The highest BCUT2D eigenvalue weighted by Crippen LogP contribution is 2.31. The number of rotatable bonds is 5. The lowest BCUT2D eigenvalue weighted by Crippen LogP contribution is -2.29. The fraction of sp³-hybridized carbons (Fsp3) is 0.571. The Morgan fingerprint density at radius 1 is 1.40 bits per heavy atom. The molecule has 2 unspecified atom stereocenters. The van der Waals surface area contributed by atoms with E-state index in [1.807, 2.05) is 0 Å². The number of ether oxygens (including phenoxy) is 1. The largest absolute Gasteiger partial charge is 0.495 e. The summed E-state index contributed by atoms with van der Waals surface area (Å²) in [5.74, 6) is 1.50. The first-order valence-electron chi connectivity index (χ1n) is 6.75. The predicted octanol–water partition coefficient (Wildman–Crippen LogP) is 3.17. The summed E-state index contributed by atoms with van der Waals surface area (Å²) in [6.45, 7) is 2.72. The van der Waals surface area contributed by atoms with Gasteiger partial charge in [-0.25, -0.2) is 13.1 Å². The molecule has 0 bridgehead atoms. The van der Waals surface area contributed by atoms with Crippen LogP contribution in [0.15, 0.2) is 27.6 Å². The third-order valence-corrected chi connectivity index (χ3v) is 5.72. The van der Waals surface area contributed by atoms with Gasteiger partial charge in [0.05, 0.1) is 7.11 Å². The Hall–Kier alpha value is -0.590. The molecule has 2 atom stereocenters. The molecule has 0 aromatic heterocycles. The highest BCUT2D eigenvalue weighted by molar-refractivity contribution is 9.10. The molecule has 1 saturated carbocycles. The lowest BCUT2D eigenvalue weighted by molar-refractivity contribution is 0.402. The molecular formula is C14H20BrNO3S. The molecule has 20 heavy (non-hydrogen) atoms. The van der Waals surface area contributed by atoms with Crippen molar-refractivity contribution < 1.29 is 13.2 Å². The molecule has 1 aromatic rings. The van der Waals surface area contributed by atoms with Crippen LogP contribution in [0.2, 0.25) is 0 Å². The number of nitrogens with one attached hydrogen (secondary N) is 1. The zero-order chi connectivity index (χ0) is 14.8. The van der Waals surface area contributed by atoms with Crippen LogP contribution in [-0.4, -0.2) is 22.1 Å². The van der Waals surface area contributed by atoms with E-state index in [-0.39, 0.29) is 4.90 Å². The predicted molar refractivity (Wildman–Crippen MR) is 82.4 cm³/mol. The standard InChI is InChI=1S/C14H20BrNO3S/c1-10-3-4-11(7-10)9-16-20(17,18)14-8-12(15)5-6-13(14)19-2/h5-6,8,10-11,16H,3-4,7,9H2,1-2H3. The molecule has 112 valence electrons. The van der Waals surface area contributed by atoms with Crippen molar-refractivity contribution in [1.29, 1.82) is 0 Å². The van der Waals surface area contributed by atoms with Crippen LogP contribution >= 0.6 is 15.9 Å². The SMILES string of the molecule is COc1ccc(Br)cc1S(=O)(=O)NCC1CCC(C)C1. The van der Waals surface area contributed by atoms with E-state index >= 15 is 0 Å². The Labute approximate surface area is 129 Å². The molecule has 1 aromatic carbocycles. The summed E-state index contributed by atoms with van der Waals surface area (Å²) in [4.78, 5) is 0.181. The molecule has 1 aliphatic rings. The van der Waals surface area contributed by atoms with Crippen LogP contribution in [0.25, 0.3) is 0 Å². The fourth-order valence-corrected chi connectivity index (χ4v) is 4.50. The number of benzene rings is 1. The van der Waals surface area contributed by atoms with Gasteiger partial charge in [-0.3, -0.25) is 0 Å². The topological polar surface area (TPSA) is 55.4 Å². The molecule has 1 N–H and O–H groups in total. The lowest BCUT2D eigenvalue weighted by atomic mass is 10.1. The first-order chi connectivity index (χ1) is 9.42. The van der Waals surface area contributed by atoms with E-state index in [2.05, 4.69) is 27.6 Å². The molecule has 0 amide bonds. The number of hydrogen-bond donors (Lipinski definition) is 1. The van der Waals surface area contributed by atoms with Gasteiger partial charge < -0.3 is 4.74 Å². The Bertz CT molecular complexity index is 574. The van der Waals surface area contributed by atoms with Crippen LogP contribution in [0.1, 0.15) is 26.2 Å². The molecule has 0 spiro atoms. The molecule has 0 saturated heterocycles. The summed E-state index contributed by atoms with van der Waals surface area (Å²) in [6.07, 6.45) is 3.38. The summed E-state index contributed by atoms with van der Waals surface area (Å²) in [6, 6.07) is 4.98. The molecular weight excluding hydrogens is 342 g/mol. The van der Waals surface area contributed by atoms with Gasteiger partial charge in [0.1, 0.15) is 10.6 Å². The van der Waals surface area contributed by atoms with Gasteiger partial charge in [-0.2, -0.15) is 0 Å². The zero-order valence-corrected chi connectivity index (χ0v) is 14.1. The van der Waals surface area contributed by atoms with Crippen molar-refractivity contribution in [1.82, 2.24) is 4.72 Å². The summed E-state index contributed by atoms with van der Waals surface area (Å²) in [5, 5.41) is 0. The summed E-state index contributed by atoms with van der Waals surface area (Å²) < 4.78 is 33.3. The Morgan fingerprint density at radius 3 is 2.75 bits per heavy atom. The molecule has 0 heterocycles. The molecule has 2 rings (SSSR count). The van der Waals surface area contributed by atoms with Gasteiger partial charge in [0.2, 0.25) is 10.0 Å². The van der Waals surface area contributed by atoms with Crippen molar-refractivity contribution in [3.63, 3.8) is 0 Å². The third kappa shape index (κ3) is 3.74. The van der Waals surface area contributed by atoms with E-state index in [0.717, 1.165) is 12.8 Å². The minimum atomic E-state index is -3.54. The lowest BCUT2D eigenvalue weighted by Gasteiger charge is -2.14. The highest BCUT2D eigenvalue weighted by Gasteiger charge is 2.25. The van der Waals surface area contributed by atoms with Crippen molar-refractivity contribution in [2.75, 3.05) is 13.7 Å². The van der Waals surface area contributed by atoms with E-state index in [4.69, 9.17) is 4.74 Å². The molecule has 4 nitrogen and oxygen atoms in total. The van der Waals surface area contributed by atoms with Crippen molar-refractivity contribution in [2.24, 2.45) is 11.8 Å². The maximum atomic E-state index is 12.4. The van der Waals surface area contributed by atoms with Gasteiger partial charge >= 0.3 is 0 Å². The van der Waals surface area contributed by atoms with E-state index < -0.39 is 10.0 Å². The highest BCUT2D eigenvalue weighted by atomic mass is 79.9. The minimum Gasteiger partial charge on any atom is -0.495 e. The third-order valence-electron chi connectivity index (χ3n) is 3.78. The van der Waals surface area contributed by atoms with Gasteiger partial charge in [0, 0.05) is 11.0 Å². The summed E-state index contributed by atoms with van der Waals surface area (Å²) >= 11 is 3.30. The van der Waals surface area contributed by atoms with Crippen LogP contribution in [-0.2, 0) is 10.0 Å². The Balaban J connectivity index is 2.12. The second-order valence-electron chi connectivity index (χ2n) is 5.43. The van der Waals surface area contributed by atoms with Gasteiger partial charge in [-0.1, -0.05) is 29.3 Å². The van der Waals surface area contributed by atoms with Gasteiger partial charge in [-0.05, 0) is 42.9 Å². The second-order valence-corrected chi connectivity index (χ2v) is 8.08. The minimum absolute atomic E-state index is 0.181. The van der Waals surface area contributed by atoms with Crippen molar-refractivity contribution in [3.05, 3.63) is 22.7 Å². The van der Waals surface area contributed by atoms with E-state index in [1.54, 1.807) is 18.2 Å². The average molecular weight is 362 g/mol. The van der Waals surface area contributed by atoms with Crippen molar-refractivity contribution >= 4 is 26.0 Å². The Kier molecular flexibility index (Phi) is 5.09. The van der Waals surface area contributed by atoms with Crippen molar-refractivity contribution in [3.8, 4) is 5.75 Å². The summed E-state index contributed by atoms with van der Waals surface area (Å²) in [5.41, 5.74) is 0. The molecule has 6 heteroatoms. The van der Waals surface area contributed by atoms with Gasteiger partial charge in [0.25, 0.3) is 0 Å². The maximum Gasteiger partial charge on any atom is 0.244 e. The first kappa shape index (κ1) is 15.8. The van der Waals surface area contributed by atoms with E-state index in [0.29, 0.717) is 28.6 Å². The van der Waals surface area contributed by atoms with Crippen LogP contribution in [0.3, 0.4) is 0 Å². The van der Waals surface area contributed by atoms with Crippen LogP contribution in [0.5, 0.6) is 5.75 Å². The van der Waals surface area contributed by atoms with Crippen molar-refractivity contribution in [2.45, 2.75) is 31.1 Å². The fourth-order valence-electron chi connectivity index (χ4n) is 2.68. The molecule has 0 aliphatic heterocycles. The van der Waals surface area contributed by atoms with E-state index in [1.165, 1.54) is 13.5 Å². The van der Waals surface area contributed by atoms with Gasteiger partial charge in [-0.15, -0.1) is 0 Å². The smallest absolute Gasteiger partial charge is 0.244 e. The van der Waals surface area contributed by atoms with E-state index in [9.17, 15) is 8.42 Å². The van der Waals surface area contributed by atoms with Crippen LogP contribution in [0, 0.1) is 11.8 Å². The number of sulfonamides is 1. The van der Waals surface area contributed by atoms with Gasteiger partial charge in [0.15, 0.2) is 0 Å². The summed E-state index contributed by atoms with van der Waals surface area (Å²) in [7, 11) is -2.06. The van der Waals surface area contributed by atoms with Crippen LogP contribution in [0.4, 0.5) is 0 Å². The average Bonchev–Trinajstić information content (AvgIpc) is 2.82. The first-order valence-corrected chi connectivity index (χ1v) is 9.03. The molecule has 1 aliphatic carbocycles. The number of hydrogen-bond acceptors (Lipinski definition) is 3. The number of halogens is 1. The maximum absolute atomic E-state index is 12.4. The van der Waals surface area contributed by atoms with Crippen LogP contribution < -0.4 is 9.46 Å². The Morgan fingerprint density at radius 2 is 2.15 bits per heavy atom. The molecule has 0 radical (unpaired) electrons.